The zero-order valence-electron chi connectivity index (χ0n) is 29.0. The molecule has 19 heteroatoms. The van der Waals surface area contributed by atoms with Crippen molar-refractivity contribution in [1.29, 1.82) is 0 Å². The number of aliphatic hydroxyl groups is 1. The molecule has 0 atom stereocenters. The molecule has 0 radical (unpaired) electrons. The summed E-state index contributed by atoms with van der Waals surface area (Å²) in [4.78, 5) is 56.8. The highest BCUT2D eigenvalue weighted by Crippen LogP contribution is 2.34. The summed E-state index contributed by atoms with van der Waals surface area (Å²) in [5.41, 5.74) is 2.62. The summed E-state index contributed by atoms with van der Waals surface area (Å²) in [6, 6.07) is 4.45. The van der Waals surface area contributed by atoms with Crippen LogP contribution in [0.25, 0.3) is 0 Å². The predicted molar refractivity (Wildman–Crippen MR) is 191 cm³/mol. The molecule has 15 nitrogen and oxygen atoms in total. The zero-order chi connectivity index (χ0) is 38.3. The third-order valence-electron chi connectivity index (χ3n) is 8.58. The average molecular weight is 759 g/mol. The summed E-state index contributed by atoms with van der Waals surface area (Å²) >= 11 is 6.02. The van der Waals surface area contributed by atoms with Crippen molar-refractivity contribution < 1.29 is 37.4 Å². The number of anilines is 1. The van der Waals surface area contributed by atoms with Crippen LogP contribution in [0, 0.1) is 0 Å². The van der Waals surface area contributed by atoms with Crippen LogP contribution in [-0.2, 0) is 45.1 Å². The first-order valence-electron chi connectivity index (χ1n) is 16.5. The molecule has 0 unspecified atom stereocenters. The lowest BCUT2D eigenvalue weighted by molar-refractivity contribution is -0.137. The molecule has 4 heterocycles. The lowest BCUT2D eigenvalue weighted by atomic mass is 10.1. The Morgan fingerprint density at radius 2 is 1.91 bits per heavy atom. The van der Waals surface area contributed by atoms with Gasteiger partial charge in [-0.25, -0.2) is 5.01 Å². The molecule has 1 saturated heterocycles. The van der Waals surface area contributed by atoms with Gasteiger partial charge in [0.15, 0.2) is 5.76 Å². The topological polar surface area (TPSA) is 176 Å². The smallest absolute Gasteiger partial charge is 0.416 e. The summed E-state index contributed by atoms with van der Waals surface area (Å²) in [6.45, 7) is 8.36. The minimum atomic E-state index is -4.63. The van der Waals surface area contributed by atoms with Crippen molar-refractivity contribution in [1.82, 2.24) is 30.4 Å². The van der Waals surface area contributed by atoms with Crippen LogP contribution in [0.15, 0.2) is 68.4 Å². The van der Waals surface area contributed by atoms with Gasteiger partial charge >= 0.3 is 6.18 Å². The number of amides is 3. The largest absolute Gasteiger partial charge is 0.504 e. The van der Waals surface area contributed by atoms with Crippen molar-refractivity contribution in [2.75, 3.05) is 44.7 Å². The van der Waals surface area contributed by atoms with E-state index in [9.17, 15) is 32.7 Å². The number of allylic oxidation sites excluding steroid dienone is 2. The molecule has 5 rings (SSSR count). The molecule has 53 heavy (non-hydrogen) atoms. The summed E-state index contributed by atoms with van der Waals surface area (Å²) in [5, 5.41) is 23.0. The van der Waals surface area contributed by atoms with Gasteiger partial charge in [-0.3, -0.25) is 29.4 Å². The van der Waals surface area contributed by atoms with Crippen molar-refractivity contribution in [2.24, 2.45) is 15.1 Å². The first kappa shape index (κ1) is 38.7. The predicted octanol–water partition coefficient (Wildman–Crippen LogP) is 3.54. The van der Waals surface area contributed by atoms with E-state index in [2.05, 4.69) is 42.7 Å². The molecule has 3 aliphatic rings. The molecule has 1 fully saturated rings. The first-order valence-corrected chi connectivity index (χ1v) is 16.9. The number of alkyl halides is 3. The summed E-state index contributed by atoms with van der Waals surface area (Å²) < 4.78 is 44.8. The van der Waals surface area contributed by atoms with E-state index in [1.165, 1.54) is 11.2 Å². The van der Waals surface area contributed by atoms with E-state index in [1.807, 2.05) is 13.0 Å². The number of nitrogens with zero attached hydrogens (tertiary/aromatic N) is 7. The van der Waals surface area contributed by atoms with Gasteiger partial charge in [0.25, 0.3) is 11.8 Å². The standard InChI is InChI=1S/C34H38ClF3N10O5/c1-4-25(43-18-40-13-21-11-22-16-53-17-27(22)41-14-21)30(46-7-9-47(10-8-46)32(51)29-31(50)20(2)42-19-44-29)33(52)48(39-3)15-28(49)45-26-6-5-23(12-24(26)35)34(36,37)38/h5-6,11-12,14,18,44,50H,3-4,7-10,13,15-17,19H2,1-2H3,(H,40,43)(H,45,49)/b30-25+. The van der Waals surface area contributed by atoms with Gasteiger partial charge in [-0.2, -0.15) is 18.3 Å². The van der Waals surface area contributed by atoms with E-state index >= 15 is 0 Å². The Kier molecular flexibility index (Phi) is 12.3. The SMILES string of the molecule is C=NN(CC(=O)Nc1ccc(C(F)(F)F)cc1Cl)C(=O)/C(=C(/CC)NC=NCc1cnc2c(c1)COC2)N1CCN(C(=O)C2=C(O)C(C)=NCN2)CC1. The fraction of sp³-hybridized carbons (Fsp3) is 0.382. The van der Waals surface area contributed by atoms with E-state index in [0.717, 1.165) is 34.0 Å². The number of benzene rings is 1. The zero-order valence-corrected chi connectivity index (χ0v) is 29.7. The number of aliphatic hydroxyl groups excluding tert-OH is 1. The Bertz CT molecular complexity index is 1890. The number of halogens is 4. The van der Waals surface area contributed by atoms with Crippen LogP contribution in [0.2, 0.25) is 5.02 Å². The Hall–Kier alpha value is -5.49. The molecule has 0 spiro atoms. The molecule has 1 aromatic heterocycles. The maximum absolute atomic E-state index is 14.2. The lowest BCUT2D eigenvalue weighted by Crippen LogP contribution is -2.52. The average Bonchev–Trinajstić information content (AvgIpc) is 3.61. The second-order valence-corrected chi connectivity index (χ2v) is 12.5. The van der Waals surface area contributed by atoms with E-state index in [-0.39, 0.29) is 60.7 Å². The van der Waals surface area contributed by atoms with E-state index < -0.39 is 36.0 Å². The fourth-order valence-electron chi connectivity index (χ4n) is 5.73. The normalized spacial score (nSPS) is 16.5. The van der Waals surface area contributed by atoms with Crippen molar-refractivity contribution in [3.05, 3.63) is 80.7 Å². The van der Waals surface area contributed by atoms with Crippen LogP contribution in [0.3, 0.4) is 0 Å². The number of carbonyl (C=O) groups is 3. The van der Waals surface area contributed by atoms with Gasteiger partial charge in [-0.1, -0.05) is 18.5 Å². The van der Waals surface area contributed by atoms with Gasteiger partial charge in [0, 0.05) is 50.4 Å². The number of aromatic nitrogens is 1. The Balaban J connectivity index is 1.34. The molecule has 3 aliphatic heterocycles. The van der Waals surface area contributed by atoms with Gasteiger partial charge in [0.1, 0.15) is 24.6 Å². The van der Waals surface area contributed by atoms with Crippen LogP contribution in [-0.4, -0.2) is 101 Å². The summed E-state index contributed by atoms with van der Waals surface area (Å²) in [7, 11) is 0. The number of nitrogens with one attached hydrogen (secondary N) is 3. The summed E-state index contributed by atoms with van der Waals surface area (Å²) in [5.74, 6) is -2.16. The number of hydrogen-bond donors (Lipinski definition) is 4. The first-order chi connectivity index (χ1) is 25.3. The quantitative estimate of drug-likeness (QED) is 0.109. The third-order valence-corrected chi connectivity index (χ3v) is 8.89. The number of rotatable bonds is 12. The minimum Gasteiger partial charge on any atom is -0.504 e. The van der Waals surface area contributed by atoms with Crippen molar-refractivity contribution in [3.63, 3.8) is 0 Å². The van der Waals surface area contributed by atoms with E-state index in [1.54, 1.807) is 18.0 Å². The molecule has 0 aliphatic carbocycles. The molecule has 0 bridgehead atoms. The highest BCUT2D eigenvalue weighted by molar-refractivity contribution is 6.33. The van der Waals surface area contributed by atoms with E-state index in [0.29, 0.717) is 43.7 Å². The highest BCUT2D eigenvalue weighted by Gasteiger charge is 2.34. The van der Waals surface area contributed by atoms with E-state index in [4.69, 9.17) is 16.3 Å². The van der Waals surface area contributed by atoms with Crippen LogP contribution >= 0.6 is 11.6 Å². The fourth-order valence-corrected chi connectivity index (χ4v) is 5.95. The maximum atomic E-state index is 14.2. The number of fused-ring (bicyclic) bond motifs is 1. The number of aliphatic imine (C=N–C) groups is 2. The second-order valence-electron chi connectivity index (χ2n) is 12.1. The molecule has 4 N–H and O–H groups in total. The molecular weight excluding hydrogens is 721 g/mol. The minimum absolute atomic E-state index is 0.0391. The number of hydrazone groups is 1. The van der Waals surface area contributed by atoms with Crippen molar-refractivity contribution in [3.8, 4) is 0 Å². The molecular formula is C34H38ClF3N10O5. The van der Waals surface area contributed by atoms with Crippen LogP contribution in [0.5, 0.6) is 0 Å². The summed E-state index contributed by atoms with van der Waals surface area (Å²) in [6.07, 6.45) is -1.15. The van der Waals surface area contributed by atoms with Gasteiger partial charge < -0.3 is 35.6 Å². The van der Waals surface area contributed by atoms with Crippen LogP contribution < -0.4 is 16.0 Å². The Morgan fingerprint density at radius 3 is 2.58 bits per heavy atom. The molecule has 3 amide bonds. The number of pyridine rings is 1. The van der Waals surface area contributed by atoms with Crippen molar-refractivity contribution in [2.45, 2.75) is 46.2 Å². The Morgan fingerprint density at radius 1 is 1.17 bits per heavy atom. The van der Waals surface area contributed by atoms with Gasteiger partial charge in [0.2, 0.25) is 5.91 Å². The molecule has 2 aromatic rings. The molecule has 282 valence electrons. The second kappa shape index (κ2) is 16.9. The van der Waals surface area contributed by atoms with Crippen LogP contribution in [0.4, 0.5) is 18.9 Å². The third kappa shape index (κ3) is 9.31. The number of hydrogen-bond acceptors (Lipinski definition) is 11. The van der Waals surface area contributed by atoms with Crippen LogP contribution in [0.1, 0.15) is 42.7 Å². The van der Waals surface area contributed by atoms with Crippen molar-refractivity contribution >= 4 is 53.8 Å². The van der Waals surface area contributed by atoms with Gasteiger partial charge in [-0.05, 0) is 43.2 Å². The Labute approximate surface area is 307 Å². The van der Waals surface area contributed by atoms with Gasteiger partial charge in [0.05, 0.1) is 53.8 Å². The highest BCUT2D eigenvalue weighted by atomic mass is 35.5. The molecule has 1 aromatic carbocycles. The number of ether oxygens (including phenoxy) is 1. The number of carbonyl (C=O) groups excluding carboxylic acids is 3. The monoisotopic (exact) mass is 758 g/mol. The number of piperazine rings is 1. The maximum Gasteiger partial charge on any atom is 0.416 e. The molecule has 0 saturated carbocycles. The van der Waals surface area contributed by atoms with Gasteiger partial charge in [-0.15, -0.1) is 0 Å². The lowest BCUT2D eigenvalue weighted by Gasteiger charge is -2.38.